The molecule has 0 radical (unpaired) electrons. The van der Waals surface area contributed by atoms with E-state index < -0.39 is 0 Å². The van der Waals surface area contributed by atoms with Gasteiger partial charge in [-0.05, 0) is 30.8 Å². The second-order valence-electron chi connectivity index (χ2n) is 3.39. The lowest BCUT2D eigenvalue weighted by atomic mass is 10.2. The topological polar surface area (TPSA) is 88.5 Å². The Hall–Kier alpha value is -1.95. The Balaban J connectivity index is 2.30. The first-order valence-corrected chi connectivity index (χ1v) is 5.74. The molecule has 0 atom stereocenters. The molecule has 0 amide bonds. The van der Waals surface area contributed by atoms with Crippen molar-refractivity contribution in [3.63, 3.8) is 0 Å². The summed E-state index contributed by atoms with van der Waals surface area (Å²) in [5.74, 6) is 0.0384. The van der Waals surface area contributed by atoms with Gasteiger partial charge in [-0.2, -0.15) is 0 Å². The van der Waals surface area contributed by atoms with Crippen LogP contribution in [0.15, 0.2) is 40.8 Å². The third kappa shape index (κ3) is 3.01. The van der Waals surface area contributed by atoms with Gasteiger partial charge in [-0.1, -0.05) is 0 Å². The molecular formula is C11H11N5S. The lowest BCUT2D eigenvalue weighted by Crippen LogP contribution is -2.11. The minimum Gasteiger partial charge on any atom is -0.384 e. The van der Waals surface area contributed by atoms with E-state index in [1.807, 2.05) is 6.92 Å². The summed E-state index contributed by atoms with van der Waals surface area (Å²) < 4.78 is 0. The number of hydrogen-bond acceptors (Lipinski definition) is 5. The number of aromatic nitrogens is 3. The van der Waals surface area contributed by atoms with E-state index in [-0.39, 0.29) is 5.84 Å². The molecule has 0 aliphatic heterocycles. The molecule has 17 heavy (non-hydrogen) atoms. The summed E-state index contributed by atoms with van der Waals surface area (Å²) in [6.45, 7) is 1.87. The Morgan fingerprint density at radius 1 is 1.29 bits per heavy atom. The average Bonchev–Trinajstić information content (AvgIpc) is 2.29. The first kappa shape index (κ1) is 11.5. The third-order valence-electron chi connectivity index (χ3n) is 1.99. The van der Waals surface area contributed by atoms with E-state index in [0.717, 1.165) is 15.7 Å². The van der Waals surface area contributed by atoms with Gasteiger partial charge in [0.2, 0.25) is 0 Å². The van der Waals surface area contributed by atoms with Gasteiger partial charge in [-0.3, -0.25) is 10.4 Å². The molecule has 0 bridgehead atoms. The van der Waals surface area contributed by atoms with Crippen LogP contribution in [0.5, 0.6) is 0 Å². The highest BCUT2D eigenvalue weighted by molar-refractivity contribution is 7.99. The molecule has 0 spiro atoms. The van der Waals surface area contributed by atoms with Crippen molar-refractivity contribution in [1.29, 1.82) is 5.41 Å². The van der Waals surface area contributed by atoms with Gasteiger partial charge in [0, 0.05) is 23.7 Å². The van der Waals surface area contributed by atoms with Crippen LogP contribution in [0, 0.1) is 12.3 Å². The van der Waals surface area contributed by atoms with E-state index in [4.69, 9.17) is 11.1 Å². The second-order valence-corrected chi connectivity index (χ2v) is 4.44. The van der Waals surface area contributed by atoms with Gasteiger partial charge in [-0.25, -0.2) is 9.97 Å². The van der Waals surface area contributed by atoms with Crippen LogP contribution in [0.4, 0.5) is 0 Å². The Labute approximate surface area is 103 Å². The molecule has 2 rings (SSSR count). The predicted octanol–water partition coefficient (Wildman–Crippen LogP) is 1.62. The zero-order valence-corrected chi connectivity index (χ0v) is 10.0. The van der Waals surface area contributed by atoms with E-state index in [1.165, 1.54) is 11.8 Å². The van der Waals surface area contributed by atoms with Crippen LogP contribution < -0.4 is 5.73 Å². The molecule has 0 aliphatic rings. The Bertz CT molecular complexity index is 541. The van der Waals surface area contributed by atoms with Gasteiger partial charge >= 0.3 is 0 Å². The summed E-state index contributed by atoms with van der Waals surface area (Å²) in [5.41, 5.74) is 6.96. The van der Waals surface area contributed by atoms with Crippen LogP contribution >= 0.6 is 11.8 Å². The van der Waals surface area contributed by atoms with Crippen LogP contribution in [-0.4, -0.2) is 20.8 Å². The van der Waals surface area contributed by atoms with Gasteiger partial charge in [0.25, 0.3) is 0 Å². The lowest BCUT2D eigenvalue weighted by molar-refractivity contribution is 1.02. The van der Waals surface area contributed by atoms with E-state index in [9.17, 15) is 0 Å². The lowest BCUT2D eigenvalue weighted by Gasteiger charge is -2.04. The van der Waals surface area contributed by atoms with E-state index in [0.29, 0.717) is 5.56 Å². The van der Waals surface area contributed by atoms with Crippen LogP contribution in [0.3, 0.4) is 0 Å². The van der Waals surface area contributed by atoms with E-state index >= 15 is 0 Å². The largest absolute Gasteiger partial charge is 0.384 e. The number of nitrogen functional groups attached to an aromatic ring is 1. The molecule has 0 aromatic carbocycles. The molecule has 3 N–H and O–H groups in total. The van der Waals surface area contributed by atoms with Gasteiger partial charge in [-0.15, -0.1) is 0 Å². The summed E-state index contributed by atoms with van der Waals surface area (Å²) in [5, 5.41) is 8.95. The van der Waals surface area contributed by atoms with Crippen molar-refractivity contribution in [1.82, 2.24) is 15.0 Å². The van der Waals surface area contributed by atoms with Crippen LogP contribution in [-0.2, 0) is 0 Å². The first-order valence-electron chi connectivity index (χ1n) is 4.92. The van der Waals surface area contributed by atoms with Crippen molar-refractivity contribution in [2.75, 3.05) is 0 Å². The fraction of sp³-hybridized carbons (Fsp3) is 0.0909. The normalized spacial score (nSPS) is 10.2. The van der Waals surface area contributed by atoms with Crippen LogP contribution in [0.2, 0.25) is 0 Å². The highest BCUT2D eigenvalue weighted by Gasteiger charge is 2.05. The summed E-state index contributed by atoms with van der Waals surface area (Å²) in [4.78, 5) is 12.5. The summed E-state index contributed by atoms with van der Waals surface area (Å²) in [6, 6.07) is 3.55. The number of hydrogen-bond donors (Lipinski definition) is 2. The van der Waals surface area contributed by atoms with Crippen LogP contribution in [0.25, 0.3) is 0 Å². The molecule has 6 heteroatoms. The Kier molecular flexibility index (Phi) is 3.34. The third-order valence-corrected chi connectivity index (χ3v) is 2.83. The molecule has 2 heterocycles. The summed E-state index contributed by atoms with van der Waals surface area (Å²) in [7, 11) is 0. The van der Waals surface area contributed by atoms with Crippen molar-refractivity contribution >= 4 is 17.6 Å². The predicted molar refractivity (Wildman–Crippen MR) is 66.1 cm³/mol. The first-order chi connectivity index (χ1) is 8.15. The second kappa shape index (κ2) is 4.92. The molecule has 0 unspecified atom stereocenters. The number of nitrogens with one attached hydrogen (secondary N) is 1. The maximum absolute atomic E-state index is 7.42. The molecule has 0 saturated heterocycles. The number of nitrogens with zero attached hydrogens (tertiary/aromatic N) is 3. The fourth-order valence-electron chi connectivity index (χ4n) is 1.29. The van der Waals surface area contributed by atoms with Crippen molar-refractivity contribution in [2.24, 2.45) is 5.73 Å². The van der Waals surface area contributed by atoms with Crippen molar-refractivity contribution in [3.05, 3.63) is 42.0 Å². The number of pyridine rings is 1. The van der Waals surface area contributed by atoms with Crippen molar-refractivity contribution in [3.8, 4) is 0 Å². The smallest absolute Gasteiger partial charge is 0.122 e. The summed E-state index contributed by atoms with van der Waals surface area (Å²) >= 11 is 1.40. The maximum atomic E-state index is 7.42. The molecule has 5 nitrogen and oxygen atoms in total. The molecule has 86 valence electrons. The Morgan fingerprint density at radius 2 is 2.12 bits per heavy atom. The van der Waals surface area contributed by atoms with Gasteiger partial charge in [0.05, 0.1) is 6.20 Å². The number of rotatable bonds is 3. The zero-order chi connectivity index (χ0) is 12.3. The van der Waals surface area contributed by atoms with Crippen molar-refractivity contribution in [2.45, 2.75) is 17.0 Å². The molecule has 0 fully saturated rings. The molecule has 2 aromatic rings. The number of nitrogens with two attached hydrogens (primary N) is 1. The minimum absolute atomic E-state index is 0.0384. The van der Waals surface area contributed by atoms with Gasteiger partial charge < -0.3 is 5.73 Å². The number of amidine groups is 1. The average molecular weight is 245 g/mol. The highest BCUT2D eigenvalue weighted by atomic mass is 32.2. The quantitative estimate of drug-likeness (QED) is 0.633. The van der Waals surface area contributed by atoms with Gasteiger partial charge in [0.1, 0.15) is 15.9 Å². The fourth-order valence-corrected chi connectivity index (χ4v) is 2.11. The zero-order valence-electron chi connectivity index (χ0n) is 9.21. The van der Waals surface area contributed by atoms with Crippen molar-refractivity contribution < 1.29 is 0 Å². The van der Waals surface area contributed by atoms with Gasteiger partial charge in [0.15, 0.2) is 0 Å². The number of aryl methyl sites for hydroxylation is 1. The van der Waals surface area contributed by atoms with E-state index in [2.05, 4.69) is 15.0 Å². The van der Waals surface area contributed by atoms with Crippen LogP contribution in [0.1, 0.15) is 11.3 Å². The maximum Gasteiger partial charge on any atom is 0.122 e. The standard InChI is InChI=1S/C11H11N5S/c1-7-4-8(11(12)13)5-9(16-7)17-10-6-14-2-3-15-10/h2-6H,1H3,(H3,12,13). The summed E-state index contributed by atoms with van der Waals surface area (Å²) in [6.07, 6.45) is 4.92. The molecule has 0 aliphatic carbocycles. The van der Waals surface area contributed by atoms with E-state index in [1.54, 1.807) is 30.7 Å². The Morgan fingerprint density at radius 3 is 2.76 bits per heavy atom. The highest BCUT2D eigenvalue weighted by Crippen LogP contribution is 2.24. The molecule has 0 saturated carbocycles. The molecular weight excluding hydrogens is 234 g/mol. The molecule has 2 aromatic heterocycles. The minimum atomic E-state index is 0.0384. The SMILES string of the molecule is Cc1cc(C(=N)N)cc(Sc2cnccn2)n1. The monoisotopic (exact) mass is 245 g/mol.